The number of aliphatic hydroxyl groups is 1. The normalized spacial score (nSPS) is 11.8. The molecule has 1 aromatic carbocycles. The number of benzene rings is 1. The van der Waals surface area contributed by atoms with Gasteiger partial charge in [0.1, 0.15) is 0 Å². The maximum Gasteiger partial charge on any atom is 0.255 e. The first-order valence-electron chi connectivity index (χ1n) is 9.07. The fraction of sp³-hybridized carbons (Fsp3) is 0.350. The number of pyridine rings is 1. The molecule has 2 aromatic heterocycles. The smallest absolute Gasteiger partial charge is 0.255 e. The molecule has 0 bridgehead atoms. The molecule has 9 heteroatoms. The Kier molecular flexibility index (Phi) is 5.66. The third kappa shape index (κ3) is 4.60. The molecule has 0 saturated carbocycles. The van der Waals surface area contributed by atoms with Crippen molar-refractivity contribution in [1.82, 2.24) is 15.3 Å². The van der Waals surface area contributed by atoms with Crippen LogP contribution in [0.15, 0.2) is 24.4 Å². The number of nitrogens with one attached hydrogen (secondary N) is 3. The molecule has 0 aliphatic rings. The molecule has 0 spiro atoms. The highest BCUT2D eigenvalue weighted by molar-refractivity contribution is 6.13. The van der Waals surface area contributed by atoms with Gasteiger partial charge in [-0.3, -0.25) is 9.78 Å². The zero-order valence-electron chi connectivity index (χ0n) is 16.0. The summed E-state index contributed by atoms with van der Waals surface area (Å²) in [4.78, 5) is 20.1. The lowest BCUT2D eigenvalue weighted by Crippen LogP contribution is -2.31. The number of H-pyrrole nitrogens is 1. The Morgan fingerprint density at radius 2 is 2.17 bits per heavy atom. The van der Waals surface area contributed by atoms with E-state index in [1.807, 2.05) is 6.07 Å². The molecule has 152 valence electrons. The van der Waals surface area contributed by atoms with Gasteiger partial charge in [-0.25, -0.2) is 8.78 Å². The molecule has 0 radical (unpaired) electrons. The Bertz CT molecular complexity index is 1100. The number of nitriles is 1. The number of rotatable bonds is 7. The lowest BCUT2D eigenvalue weighted by molar-refractivity contribution is 0.0693. The number of hydrogen-bond donors (Lipinski definition) is 4. The Morgan fingerprint density at radius 1 is 1.41 bits per heavy atom. The number of anilines is 1. The molecule has 3 aromatic rings. The third-order valence-electron chi connectivity index (χ3n) is 4.44. The van der Waals surface area contributed by atoms with E-state index in [0.29, 0.717) is 33.9 Å². The molecular weight excluding hydrogens is 380 g/mol. The molecular formula is C20H21F2N5O2. The molecule has 0 aliphatic carbocycles. The van der Waals surface area contributed by atoms with Gasteiger partial charge in [-0.15, -0.1) is 0 Å². The van der Waals surface area contributed by atoms with Crippen molar-refractivity contribution >= 4 is 33.5 Å². The second kappa shape index (κ2) is 8.01. The van der Waals surface area contributed by atoms with Crippen LogP contribution in [0.5, 0.6) is 0 Å². The molecule has 0 aliphatic heterocycles. The zero-order valence-corrected chi connectivity index (χ0v) is 16.0. The Balaban J connectivity index is 2.04. The summed E-state index contributed by atoms with van der Waals surface area (Å²) in [5.41, 5.74) is 1.36. The van der Waals surface area contributed by atoms with Crippen LogP contribution in [-0.4, -0.2) is 46.1 Å². The number of aromatic nitrogens is 2. The van der Waals surface area contributed by atoms with Crippen LogP contribution in [0.4, 0.5) is 14.5 Å². The first-order chi connectivity index (χ1) is 13.7. The highest BCUT2D eigenvalue weighted by Gasteiger charge is 2.20. The van der Waals surface area contributed by atoms with Crippen LogP contribution in [0.1, 0.15) is 36.2 Å². The van der Waals surface area contributed by atoms with E-state index in [9.17, 15) is 18.7 Å². The summed E-state index contributed by atoms with van der Waals surface area (Å²) in [5, 5.41) is 24.9. The first kappa shape index (κ1) is 20.5. The molecule has 0 fully saturated rings. The summed E-state index contributed by atoms with van der Waals surface area (Å²) in [7, 11) is 0. The van der Waals surface area contributed by atoms with Gasteiger partial charge in [0, 0.05) is 23.6 Å². The van der Waals surface area contributed by atoms with Gasteiger partial charge in [-0.05, 0) is 38.5 Å². The predicted molar refractivity (Wildman–Crippen MR) is 106 cm³/mol. The van der Waals surface area contributed by atoms with Gasteiger partial charge in [0.05, 0.1) is 46.1 Å². The molecule has 0 saturated heterocycles. The minimum absolute atomic E-state index is 0.112. The lowest BCUT2D eigenvalue weighted by Gasteiger charge is -2.18. The van der Waals surface area contributed by atoms with E-state index in [1.54, 1.807) is 32.0 Å². The topological polar surface area (TPSA) is 114 Å². The van der Waals surface area contributed by atoms with Crippen LogP contribution >= 0.6 is 0 Å². The largest absolute Gasteiger partial charge is 0.390 e. The van der Waals surface area contributed by atoms with E-state index >= 15 is 0 Å². The van der Waals surface area contributed by atoms with Crippen LogP contribution in [0, 0.1) is 11.3 Å². The molecule has 3 rings (SSSR count). The van der Waals surface area contributed by atoms with E-state index in [-0.39, 0.29) is 17.8 Å². The van der Waals surface area contributed by atoms with Crippen molar-refractivity contribution in [1.29, 1.82) is 5.26 Å². The molecule has 0 unspecified atom stereocenters. The van der Waals surface area contributed by atoms with E-state index in [0.717, 1.165) is 0 Å². The van der Waals surface area contributed by atoms with Crippen LogP contribution < -0.4 is 10.6 Å². The predicted octanol–water partition coefficient (Wildman–Crippen LogP) is 3.16. The molecule has 2 heterocycles. The monoisotopic (exact) mass is 401 g/mol. The van der Waals surface area contributed by atoms with E-state index in [1.165, 1.54) is 6.20 Å². The Hall–Kier alpha value is -3.25. The summed E-state index contributed by atoms with van der Waals surface area (Å²) >= 11 is 0. The van der Waals surface area contributed by atoms with E-state index in [4.69, 9.17) is 5.26 Å². The maximum absolute atomic E-state index is 12.8. The van der Waals surface area contributed by atoms with E-state index < -0.39 is 24.5 Å². The lowest BCUT2D eigenvalue weighted by atomic mass is 10.1. The first-order valence-corrected chi connectivity index (χ1v) is 9.07. The fourth-order valence-electron chi connectivity index (χ4n) is 3.01. The highest BCUT2D eigenvalue weighted by atomic mass is 19.3. The quantitative estimate of drug-likeness (QED) is 0.486. The van der Waals surface area contributed by atoms with Crippen LogP contribution in [0.2, 0.25) is 0 Å². The second-order valence-electron chi connectivity index (χ2n) is 7.36. The van der Waals surface area contributed by atoms with Crippen LogP contribution in [0.3, 0.4) is 0 Å². The van der Waals surface area contributed by atoms with Crippen molar-refractivity contribution in [2.75, 3.05) is 18.4 Å². The number of alkyl halides is 2. The van der Waals surface area contributed by atoms with Crippen LogP contribution in [-0.2, 0) is 0 Å². The zero-order chi connectivity index (χ0) is 21.2. The average Bonchev–Trinajstić information content (AvgIpc) is 3.02. The summed E-state index contributed by atoms with van der Waals surface area (Å²) < 4.78 is 25.7. The molecule has 29 heavy (non-hydrogen) atoms. The minimum atomic E-state index is -2.61. The standard InChI is InChI=1S/C20H21F2N5O2/c1-20(2,29)5-6-24-19(28)13-9-25-16-12-4-3-11(8-23)7-14(12)27-18(16)17(13)26-10-15(21)22/h3-4,7,9,15,27,29H,5-6,10H2,1-2H3,(H,24,28)(H,25,26). The van der Waals surface area contributed by atoms with Gasteiger partial charge < -0.3 is 20.7 Å². The molecule has 0 atom stereocenters. The SMILES string of the molecule is CC(C)(O)CCNC(=O)c1cnc2c([nH]c3cc(C#N)ccc32)c1NCC(F)F. The Morgan fingerprint density at radius 3 is 2.83 bits per heavy atom. The minimum Gasteiger partial charge on any atom is -0.390 e. The number of hydrogen-bond acceptors (Lipinski definition) is 5. The van der Waals surface area contributed by atoms with Crippen molar-refractivity contribution in [2.45, 2.75) is 32.3 Å². The number of carbonyl (C=O) groups is 1. The van der Waals surface area contributed by atoms with Crippen LogP contribution in [0.25, 0.3) is 21.9 Å². The van der Waals surface area contributed by atoms with Gasteiger partial charge in [0.2, 0.25) is 0 Å². The molecule has 7 nitrogen and oxygen atoms in total. The number of fused-ring (bicyclic) bond motifs is 3. The number of nitrogens with zero attached hydrogens (tertiary/aromatic N) is 2. The van der Waals surface area contributed by atoms with Crippen molar-refractivity contribution in [3.63, 3.8) is 0 Å². The third-order valence-corrected chi connectivity index (χ3v) is 4.44. The maximum atomic E-state index is 12.8. The highest BCUT2D eigenvalue weighted by Crippen LogP contribution is 2.32. The number of amides is 1. The number of carbonyl (C=O) groups excluding carboxylic acids is 1. The van der Waals surface area contributed by atoms with Crippen molar-refractivity contribution in [3.8, 4) is 6.07 Å². The number of aromatic amines is 1. The second-order valence-corrected chi connectivity index (χ2v) is 7.36. The fourth-order valence-corrected chi connectivity index (χ4v) is 3.01. The van der Waals surface area contributed by atoms with Gasteiger partial charge in [0.25, 0.3) is 12.3 Å². The summed E-state index contributed by atoms with van der Waals surface area (Å²) in [6.45, 7) is 2.83. The summed E-state index contributed by atoms with van der Waals surface area (Å²) in [5.74, 6) is -0.489. The summed E-state index contributed by atoms with van der Waals surface area (Å²) in [6.07, 6.45) is -0.947. The molecule has 4 N–H and O–H groups in total. The van der Waals surface area contributed by atoms with Gasteiger partial charge >= 0.3 is 0 Å². The van der Waals surface area contributed by atoms with Crippen molar-refractivity contribution in [3.05, 3.63) is 35.5 Å². The summed E-state index contributed by atoms with van der Waals surface area (Å²) in [6, 6.07) is 7.04. The molecule has 1 amide bonds. The van der Waals surface area contributed by atoms with Crippen molar-refractivity contribution < 1.29 is 18.7 Å². The van der Waals surface area contributed by atoms with Crippen molar-refractivity contribution in [2.24, 2.45) is 0 Å². The average molecular weight is 401 g/mol. The number of halogens is 2. The van der Waals surface area contributed by atoms with Gasteiger partial charge in [0.15, 0.2) is 0 Å². The Labute approximate surface area is 165 Å². The van der Waals surface area contributed by atoms with E-state index in [2.05, 4.69) is 20.6 Å². The van der Waals surface area contributed by atoms with Gasteiger partial charge in [-0.1, -0.05) is 0 Å². The van der Waals surface area contributed by atoms with Gasteiger partial charge in [-0.2, -0.15) is 5.26 Å².